The lowest BCUT2D eigenvalue weighted by molar-refractivity contribution is -0.120. The Hall–Kier alpha value is -1.94. The summed E-state index contributed by atoms with van der Waals surface area (Å²) in [6.07, 6.45) is 0.956. The number of rotatable bonds is 6. The molecule has 0 fully saturated rings. The standard InChI is InChI=1S/C15H19N3O/c1-2-9-17-15(19)11-16-10-13-8-7-12-5-3-4-6-14(12)18-13/h3-8,16H,2,9-11H2,1H3,(H,17,19). The minimum atomic E-state index is 0.0302. The Morgan fingerprint density at radius 2 is 2.05 bits per heavy atom. The number of nitrogens with zero attached hydrogens (tertiary/aromatic N) is 1. The molecule has 0 bridgehead atoms. The summed E-state index contributed by atoms with van der Waals surface area (Å²) >= 11 is 0. The van der Waals surface area contributed by atoms with Gasteiger partial charge >= 0.3 is 0 Å². The molecule has 2 aromatic rings. The van der Waals surface area contributed by atoms with Crippen LogP contribution < -0.4 is 10.6 Å². The molecular formula is C15H19N3O. The maximum absolute atomic E-state index is 11.4. The van der Waals surface area contributed by atoms with Gasteiger partial charge in [0.05, 0.1) is 17.8 Å². The molecule has 0 saturated heterocycles. The van der Waals surface area contributed by atoms with Gasteiger partial charge in [0.2, 0.25) is 5.91 Å². The van der Waals surface area contributed by atoms with Crippen LogP contribution in [0, 0.1) is 0 Å². The molecular weight excluding hydrogens is 238 g/mol. The van der Waals surface area contributed by atoms with Crippen LogP contribution in [0.15, 0.2) is 36.4 Å². The number of hydrogen-bond acceptors (Lipinski definition) is 3. The van der Waals surface area contributed by atoms with E-state index in [4.69, 9.17) is 0 Å². The average molecular weight is 257 g/mol. The number of fused-ring (bicyclic) bond motifs is 1. The third kappa shape index (κ3) is 4.03. The van der Waals surface area contributed by atoms with Gasteiger partial charge in [0.15, 0.2) is 0 Å². The van der Waals surface area contributed by atoms with Crippen molar-refractivity contribution in [3.8, 4) is 0 Å². The van der Waals surface area contributed by atoms with Crippen LogP contribution in [0.5, 0.6) is 0 Å². The second kappa shape index (κ2) is 6.85. The number of pyridine rings is 1. The molecule has 1 aromatic carbocycles. The predicted octanol–water partition coefficient (Wildman–Crippen LogP) is 1.85. The molecule has 1 amide bonds. The zero-order valence-electron chi connectivity index (χ0n) is 11.1. The number of aromatic nitrogens is 1. The maximum atomic E-state index is 11.4. The van der Waals surface area contributed by atoms with Crippen LogP contribution in [0.3, 0.4) is 0 Å². The van der Waals surface area contributed by atoms with Gasteiger partial charge in [-0.15, -0.1) is 0 Å². The van der Waals surface area contributed by atoms with Crippen molar-refractivity contribution >= 4 is 16.8 Å². The molecule has 0 aliphatic heterocycles. The van der Waals surface area contributed by atoms with Crippen LogP contribution in [0.4, 0.5) is 0 Å². The number of para-hydroxylation sites is 1. The number of hydrogen-bond donors (Lipinski definition) is 2. The van der Waals surface area contributed by atoms with Gasteiger partial charge in [0, 0.05) is 18.5 Å². The quantitative estimate of drug-likeness (QED) is 0.830. The Morgan fingerprint density at radius 3 is 2.89 bits per heavy atom. The molecule has 1 heterocycles. The van der Waals surface area contributed by atoms with Gasteiger partial charge in [0.1, 0.15) is 0 Å². The summed E-state index contributed by atoms with van der Waals surface area (Å²) in [7, 11) is 0. The lowest BCUT2D eigenvalue weighted by atomic mass is 10.2. The Kier molecular flexibility index (Phi) is 4.86. The fourth-order valence-electron chi connectivity index (χ4n) is 1.84. The highest BCUT2D eigenvalue weighted by atomic mass is 16.1. The van der Waals surface area contributed by atoms with Gasteiger partial charge in [-0.25, -0.2) is 0 Å². The maximum Gasteiger partial charge on any atom is 0.233 e. The van der Waals surface area contributed by atoms with Crippen molar-refractivity contribution in [1.29, 1.82) is 0 Å². The molecule has 100 valence electrons. The molecule has 19 heavy (non-hydrogen) atoms. The number of nitrogens with one attached hydrogen (secondary N) is 2. The van der Waals surface area contributed by atoms with Crippen LogP contribution >= 0.6 is 0 Å². The summed E-state index contributed by atoms with van der Waals surface area (Å²) in [5, 5.41) is 7.06. The lowest BCUT2D eigenvalue weighted by Gasteiger charge is -2.06. The molecule has 4 heteroatoms. The van der Waals surface area contributed by atoms with Crippen molar-refractivity contribution in [2.75, 3.05) is 13.1 Å². The van der Waals surface area contributed by atoms with Crippen LogP contribution in [0.25, 0.3) is 10.9 Å². The summed E-state index contributed by atoms with van der Waals surface area (Å²) < 4.78 is 0. The van der Waals surface area contributed by atoms with Crippen LogP contribution in [-0.2, 0) is 11.3 Å². The number of benzene rings is 1. The summed E-state index contributed by atoms with van der Waals surface area (Å²) in [5.74, 6) is 0.0302. The SMILES string of the molecule is CCCNC(=O)CNCc1ccc2ccccc2n1. The first-order valence-electron chi connectivity index (χ1n) is 6.61. The van der Waals surface area contributed by atoms with Gasteiger partial charge in [0.25, 0.3) is 0 Å². The van der Waals surface area contributed by atoms with E-state index in [1.807, 2.05) is 37.3 Å². The molecule has 2 rings (SSSR count). The van der Waals surface area contributed by atoms with Crippen molar-refractivity contribution in [3.05, 3.63) is 42.1 Å². The van der Waals surface area contributed by atoms with Gasteiger partial charge in [-0.1, -0.05) is 31.2 Å². The largest absolute Gasteiger partial charge is 0.355 e. The Labute approximate surface area is 113 Å². The molecule has 0 radical (unpaired) electrons. The Balaban J connectivity index is 1.86. The monoisotopic (exact) mass is 257 g/mol. The van der Waals surface area contributed by atoms with E-state index in [1.54, 1.807) is 0 Å². The molecule has 0 aliphatic rings. The van der Waals surface area contributed by atoms with E-state index in [0.717, 1.165) is 29.6 Å². The third-order valence-electron chi connectivity index (χ3n) is 2.82. The zero-order valence-corrected chi connectivity index (χ0v) is 11.1. The molecule has 0 aliphatic carbocycles. The van der Waals surface area contributed by atoms with Crippen LogP contribution in [0.1, 0.15) is 19.0 Å². The third-order valence-corrected chi connectivity index (χ3v) is 2.82. The van der Waals surface area contributed by atoms with Gasteiger partial charge in [-0.2, -0.15) is 0 Å². The molecule has 0 spiro atoms. The van der Waals surface area contributed by atoms with Crippen LogP contribution in [0.2, 0.25) is 0 Å². The normalized spacial score (nSPS) is 10.6. The summed E-state index contributed by atoms with van der Waals surface area (Å²) in [4.78, 5) is 16.0. The van der Waals surface area contributed by atoms with Crippen molar-refractivity contribution in [2.45, 2.75) is 19.9 Å². The number of carbonyl (C=O) groups excluding carboxylic acids is 1. The molecule has 1 aromatic heterocycles. The zero-order chi connectivity index (χ0) is 13.5. The fraction of sp³-hybridized carbons (Fsp3) is 0.333. The number of amides is 1. The Bertz CT molecular complexity index is 554. The predicted molar refractivity (Wildman–Crippen MR) is 76.8 cm³/mol. The lowest BCUT2D eigenvalue weighted by Crippen LogP contribution is -2.34. The van der Waals surface area contributed by atoms with Crippen molar-refractivity contribution in [2.24, 2.45) is 0 Å². The van der Waals surface area contributed by atoms with E-state index in [0.29, 0.717) is 13.1 Å². The smallest absolute Gasteiger partial charge is 0.233 e. The second-order valence-electron chi connectivity index (χ2n) is 4.45. The van der Waals surface area contributed by atoms with E-state index in [-0.39, 0.29) is 5.91 Å². The Morgan fingerprint density at radius 1 is 1.21 bits per heavy atom. The molecule has 0 atom stereocenters. The fourth-order valence-corrected chi connectivity index (χ4v) is 1.84. The van der Waals surface area contributed by atoms with E-state index < -0.39 is 0 Å². The van der Waals surface area contributed by atoms with E-state index >= 15 is 0 Å². The topological polar surface area (TPSA) is 54.0 Å². The van der Waals surface area contributed by atoms with Gasteiger partial charge < -0.3 is 10.6 Å². The average Bonchev–Trinajstić information content (AvgIpc) is 2.45. The first-order chi connectivity index (χ1) is 9.29. The van der Waals surface area contributed by atoms with Gasteiger partial charge in [-0.05, 0) is 18.6 Å². The van der Waals surface area contributed by atoms with Gasteiger partial charge in [-0.3, -0.25) is 9.78 Å². The van der Waals surface area contributed by atoms with Crippen molar-refractivity contribution < 1.29 is 4.79 Å². The summed E-state index contributed by atoms with van der Waals surface area (Å²) in [6, 6.07) is 12.0. The molecule has 4 nitrogen and oxygen atoms in total. The number of carbonyl (C=O) groups is 1. The highest BCUT2D eigenvalue weighted by molar-refractivity contribution is 5.78. The minimum absolute atomic E-state index is 0.0302. The summed E-state index contributed by atoms with van der Waals surface area (Å²) in [5.41, 5.74) is 1.93. The highest BCUT2D eigenvalue weighted by Gasteiger charge is 2.01. The molecule has 0 unspecified atom stereocenters. The first-order valence-corrected chi connectivity index (χ1v) is 6.61. The minimum Gasteiger partial charge on any atom is -0.355 e. The van der Waals surface area contributed by atoms with Crippen molar-refractivity contribution in [1.82, 2.24) is 15.6 Å². The molecule has 2 N–H and O–H groups in total. The van der Waals surface area contributed by atoms with E-state index in [9.17, 15) is 4.79 Å². The second-order valence-corrected chi connectivity index (χ2v) is 4.45. The molecule has 0 saturated carbocycles. The highest BCUT2D eigenvalue weighted by Crippen LogP contribution is 2.11. The van der Waals surface area contributed by atoms with Crippen molar-refractivity contribution in [3.63, 3.8) is 0 Å². The van der Waals surface area contributed by atoms with E-state index in [2.05, 4.69) is 21.7 Å². The van der Waals surface area contributed by atoms with Crippen LogP contribution in [-0.4, -0.2) is 24.0 Å². The first kappa shape index (κ1) is 13.5. The van der Waals surface area contributed by atoms with E-state index in [1.165, 1.54) is 0 Å². The summed E-state index contributed by atoms with van der Waals surface area (Å²) in [6.45, 7) is 3.69.